The molecular formula is C40H36BF5N10O2. The van der Waals surface area contributed by atoms with E-state index in [1.165, 1.54) is 10.7 Å². The number of aliphatic imine (C=N–C) groups is 1. The maximum Gasteiger partial charge on any atom is 0.677 e. The molecule has 3 aromatic heterocycles. The number of allylic oxidation sites excluding steroid dienone is 2. The number of hydrogen-bond acceptors (Lipinski definition) is 7. The number of nitrogens with zero attached hydrogens (tertiary/aromatic N) is 8. The molecule has 2 aromatic carbocycles. The molecule has 296 valence electrons. The van der Waals surface area contributed by atoms with Crippen molar-refractivity contribution in [3.05, 3.63) is 119 Å². The zero-order valence-corrected chi connectivity index (χ0v) is 31.3. The SMILES string of the molecule is Cc1cc(C)n(B(F)F)c1/C=C1/C=CC(CCC(=O)NCc2cn(-c3cccc(NC(=O)N4c5nc(-c6cccc(C(F)(F)F)c6)ccc5N5CC[C@H]4C5)c3)nn2)=N1. The fourth-order valence-corrected chi connectivity index (χ4v) is 7.48. The number of alkyl halides is 3. The van der Waals surface area contributed by atoms with Crippen molar-refractivity contribution in [1.82, 2.24) is 29.8 Å². The highest BCUT2D eigenvalue weighted by Gasteiger charge is 2.40. The monoisotopic (exact) mass is 794 g/mol. The summed E-state index contributed by atoms with van der Waals surface area (Å²) in [5, 5.41) is 14.2. The Morgan fingerprint density at radius 1 is 1.02 bits per heavy atom. The number of anilines is 3. The summed E-state index contributed by atoms with van der Waals surface area (Å²) in [4.78, 5) is 39.5. The van der Waals surface area contributed by atoms with Crippen LogP contribution in [-0.2, 0) is 17.5 Å². The molecule has 5 aromatic rings. The van der Waals surface area contributed by atoms with Crippen molar-refractivity contribution in [2.24, 2.45) is 4.99 Å². The molecular weight excluding hydrogens is 758 g/mol. The van der Waals surface area contributed by atoms with Crippen molar-refractivity contribution in [2.45, 2.75) is 51.9 Å². The van der Waals surface area contributed by atoms with Crippen LogP contribution < -0.4 is 20.4 Å². The van der Waals surface area contributed by atoms with Gasteiger partial charge < -0.3 is 20.0 Å². The quantitative estimate of drug-likeness (QED) is 0.111. The number of urea groups is 1. The van der Waals surface area contributed by atoms with Gasteiger partial charge in [0.05, 0.1) is 47.1 Å². The van der Waals surface area contributed by atoms with Crippen molar-refractivity contribution in [2.75, 3.05) is 28.2 Å². The standard InChI is InChI=1S/C40H36BF5N10O2/c1-24-17-25(2)56(41(45)46)36(24)20-30-10-9-28(48-30)11-14-37(57)47-21-31-22-54(52-51-31)32-8-4-7-29(19-32)49-39(58)55-33-15-16-53(23-33)35-13-12-34(50-38(35)55)26-5-3-6-27(18-26)40(42,43)44/h3-10,12-13,17-20,22,33H,11,14-16,21,23H2,1-2H3,(H,47,57)(H,49,58)/b30-20-/t33-/m0/s1. The highest BCUT2D eigenvalue weighted by Crippen LogP contribution is 2.41. The molecule has 0 unspecified atom stereocenters. The maximum absolute atomic E-state index is 13.9. The number of hydrogen-bond donors (Lipinski definition) is 2. The number of halogens is 5. The second-order valence-electron chi connectivity index (χ2n) is 14.3. The van der Waals surface area contributed by atoms with Crippen LogP contribution in [0.25, 0.3) is 23.0 Å². The number of benzene rings is 2. The van der Waals surface area contributed by atoms with Crippen molar-refractivity contribution in [3.63, 3.8) is 0 Å². The third-order valence-electron chi connectivity index (χ3n) is 10.3. The van der Waals surface area contributed by atoms with Gasteiger partial charge >= 0.3 is 19.6 Å². The molecule has 0 radical (unpaired) electrons. The summed E-state index contributed by atoms with van der Waals surface area (Å²) >= 11 is 0. The van der Waals surface area contributed by atoms with Gasteiger partial charge in [0.15, 0.2) is 5.82 Å². The minimum absolute atomic E-state index is 0.119. The summed E-state index contributed by atoms with van der Waals surface area (Å²) < 4.78 is 70.1. The average Bonchev–Trinajstić information content (AvgIpc) is 4.00. The summed E-state index contributed by atoms with van der Waals surface area (Å²) in [5.41, 5.74) is 4.89. The number of carbonyl (C=O) groups is 2. The van der Waals surface area contributed by atoms with E-state index in [4.69, 9.17) is 4.98 Å². The van der Waals surface area contributed by atoms with Gasteiger partial charge in [0.1, 0.15) is 5.69 Å². The smallest absolute Gasteiger partial charge is 0.366 e. The first-order valence-electron chi connectivity index (χ1n) is 18.6. The third-order valence-corrected chi connectivity index (χ3v) is 10.3. The first kappa shape index (κ1) is 38.3. The van der Waals surface area contributed by atoms with Crippen molar-refractivity contribution < 1.29 is 31.4 Å². The molecule has 1 saturated heterocycles. The minimum atomic E-state index is -4.51. The molecule has 1 fully saturated rings. The Hall–Kier alpha value is -6.59. The van der Waals surface area contributed by atoms with Gasteiger partial charge in [-0.2, -0.15) is 13.2 Å². The zero-order valence-electron chi connectivity index (χ0n) is 31.3. The molecule has 12 nitrogen and oxygen atoms in total. The Kier molecular flexibility index (Phi) is 10.2. The van der Waals surface area contributed by atoms with Crippen LogP contribution in [0, 0.1) is 13.8 Å². The van der Waals surface area contributed by atoms with Gasteiger partial charge in [0.2, 0.25) is 5.91 Å². The van der Waals surface area contributed by atoms with Gasteiger partial charge in [-0.3, -0.25) is 23.3 Å². The van der Waals surface area contributed by atoms with E-state index in [1.807, 2.05) is 0 Å². The first-order chi connectivity index (χ1) is 27.8. The number of nitrogens with one attached hydrogen (secondary N) is 2. The minimum Gasteiger partial charge on any atom is -0.366 e. The van der Waals surface area contributed by atoms with Crippen molar-refractivity contribution in [1.29, 1.82) is 0 Å². The van der Waals surface area contributed by atoms with E-state index in [-0.39, 0.29) is 24.9 Å². The summed E-state index contributed by atoms with van der Waals surface area (Å²) in [6, 6.07) is 16.5. The number of pyridine rings is 1. The molecule has 8 rings (SSSR count). The van der Waals surface area contributed by atoms with E-state index in [9.17, 15) is 31.4 Å². The molecule has 6 heterocycles. The number of aromatic nitrogens is 5. The lowest BCUT2D eigenvalue weighted by atomic mass is 10.1. The van der Waals surface area contributed by atoms with Crippen LogP contribution in [0.5, 0.6) is 0 Å². The summed E-state index contributed by atoms with van der Waals surface area (Å²) in [6.07, 6.45) is 3.48. The summed E-state index contributed by atoms with van der Waals surface area (Å²) in [7, 11) is -2.67. The number of fused-ring (bicyclic) bond motifs is 4. The molecule has 2 bridgehead atoms. The van der Waals surface area contributed by atoms with Crippen molar-refractivity contribution in [3.8, 4) is 16.9 Å². The molecule has 3 amide bonds. The first-order valence-corrected chi connectivity index (χ1v) is 18.6. The van der Waals surface area contributed by atoms with Gasteiger partial charge in [-0.05, 0) is 99.0 Å². The van der Waals surface area contributed by atoms with Crippen LogP contribution in [0.1, 0.15) is 47.5 Å². The summed E-state index contributed by atoms with van der Waals surface area (Å²) in [6.45, 7) is 4.84. The highest BCUT2D eigenvalue weighted by atomic mass is 19.4. The van der Waals surface area contributed by atoms with E-state index in [1.54, 1.807) is 91.7 Å². The van der Waals surface area contributed by atoms with Crippen LogP contribution in [0.3, 0.4) is 0 Å². The number of amides is 3. The third kappa shape index (κ3) is 7.86. The molecule has 0 saturated carbocycles. The highest BCUT2D eigenvalue weighted by molar-refractivity contribution is 6.41. The van der Waals surface area contributed by atoms with Crippen LogP contribution in [0.4, 0.5) is 43.8 Å². The topological polar surface area (TPSA) is 126 Å². The predicted octanol–water partition coefficient (Wildman–Crippen LogP) is 7.62. The molecule has 0 spiro atoms. The lowest BCUT2D eigenvalue weighted by Crippen LogP contribution is -2.48. The fraction of sp³-hybridized carbons (Fsp3) is 0.250. The zero-order chi connectivity index (χ0) is 40.7. The molecule has 18 heteroatoms. The number of carbonyl (C=O) groups excluding carboxylic acids is 2. The number of rotatable bonds is 10. The molecule has 58 heavy (non-hydrogen) atoms. The number of aryl methyl sites for hydroxylation is 2. The fourth-order valence-electron chi connectivity index (χ4n) is 7.48. The van der Waals surface area contributed by atoms with E-state index >= 15 is 0 Å². The summed E-state index contributed by atoms with van der Waals surface area (Å²) in [5.74, 6) is 0.144. The molecule has 2 N–H and O–H groups in total. The van der Waals surface area contributed by atoms with Crippen LogP contribution in [0.2, 0.25) is 0 Å². The van der Waals surface area contributed by atoms with Gasteiger partial charge in [-0.1, -0.05) is 23.4 Å². The van der Waals surface area contributed by atoms with Crippen LogP contribution in [0.15, 0.2) is 95.8 Å². The lowest BCUT2D eigenvalue weighted by molar-refractivity contribution is -0.137. The van der Waals surface area contributed by atoms with Crippen molar-refractivity contribution >= 4 is 48.3 Å². The average molecular weight is 795 g/mol. The van der Waals surface area contributed by atoms with Crippen LogP contribution >= 0.6 is 0 Å². The van der Waals surface area contributed by atoms with Crippen LogP contribution in [-0.4, -0.2) is 68.6 Å². The molecule has 3 aliphatic heterocycles. The van der Waals surface area contributed by atoms with Gasteiger partial charge in [-0.15, -0.1) is 5.10 Å². The van der Waals surface area contributed by atoms with Gasteiger partial charge in [0.25, 0.3) is 0 Å². The van der Waals surface area contributed by atoms with Gasteiger partial charge in [-0.25, -0.2) is 14.5 Å². The second kappa shape index (κ2) is 15.4. The molecule has 0 aliphatic carbocycles. The second-order valence-corrected chi connectivity index (χ2v) is 14.3. The van der Waals surface area contributed by atoms with E-state index < -0.39 is 25.2 Å². The van der Waals surface area contributed by atoms with E-state index in [2.05, 4.69) is 30.8 Å². The Labute approximate surface area is 330 Å². The Morgan fingerprint density at radius 3 is 2.66 bits per heavy atom. The Balaban J connectivity index is 0.890. The molecule has 1 atom stereocenters. The van der Waals surface area contributed by atoms with Gasteiger partial charge in [0, 0.05) is 47.9 Å². The predicted molar refractivity (Wildman–Crippen MR) is 211 cm³/mol. The largest absolute Gasteiger partial charge is 0.677 e. The maximum atomic E-state index is 13.9. The Bertz CT molecular complexity index is 2510. The Morgan fingerprint density at radius 2 is 1.84 bits per heavy atom. The molecule has 3 aliphatic rings. The normalized spacial score (nSPS) is 16.5. The van der Waals surface area contributed by atoms with E-state index in [0.717, 1.165) is 27.9 Å². The lowest BCUT2D eigenvalue weighted by Gasteiger charge is -2.36. The van der Waals surface area contributed by atoms with E-state index in [0.29, 0.717) is 82.9 Å².